The molecule has 1 heterocycles. The van der Waals surface area contributed by atoms with Crippen LogP contribution in [0.4, 0.5) is 0 Å². The molecule has 0 fully saturated rings. The zero-order valence-corrected chi connectivity index (χ0v) is 11.8. The SMILES string of the molecule is Cc1ncsc1CN(C)C(=O)CCC(C)(C)N. The largest absolute Gasteiger partial charge is 0.341 e. The van der Waals surface area contributed by atoms with Gasteiger partial charge in [-0.2, -0.15) is 0 Å². The van der Waals surface area contributed by atoms with E-state index in [9.17, 15) is 4.79 Å². The van der Waals surface area contributed by atoms with Gasteiger partial charge in [-0.15, -0.1) is 11.3 Å². The molecule has 96 valence electrons. The predicted molar refractivity (Wildman–Crippen MR) is 70.8 cm³/mol. The zero-order chi connectivity index (χ0) is 13.1. The number of hydrogen-bond acceptors (Lipinski definition) is 4. The molecular weight excluding hydrogens is 234 g/mol. The van der Waals surface area contributed by atoms with Crippen LogP contribution in [0.2, 0.25) is 0 Å². The summed E-state index contributed by atoms with van der Waals surface area (Å²) in [6.07, 6.45) is 1.20. The lowest BCUT2D eigenvalue weighted by atomic mass is 10.00. The van der Waals surface area contributed by atoms with Crippen molar-refractivity contribution < 1.29 is 4.79 Å². The van der Waals surface area contributed by atoms with E-state index < -0.39 is 0 Å². The maximum Gasteiger partial charge on any atom is 0.222 e. The van der Waals surface area contributed by atoms with Gasteiger partial charge in [-0.1, -0.05) is 0 Å². The Morgan fingerprint density at radius 2 is 2.24 bits per heavy atom. The summed E-state index contributed by atoms with van der Waals surface area (Å²) >= 11 is 1.59. The molecule has 0 aliphatic heterocycles. The molecule has 0 atom stereocenters. The van der Waals surface area contributed by atoms with E-state index in [0.29, 0.717) is 19.4 Å². The van der Waals surface area contributed by atoms with Gasteiger partial charge in [0, 0.05) is 23.9 Å². The van der Waals surface area contributed by atoms with Crippen LogP contribution in [0.1, 0.15) is 37.3 Å². The second-order valence-electron chi connectivity index (χ2n) is 5.10. The van der Waals surface area contributed by atoms with Crippen LogP contribution >= 0.6 is 11.3 Å². The number of rotatable bonds is 5. The van der Waals surface area contributed by atoms with Gasteiger partial charge in [0.05, 0.1) is 17.7 Å². The second kappa shape index (κ2) is 5.60. The van der Waals surface area contributed by atoms with Crippen LogP contribution in [0.3, 0.4) is 0 Å². The van der Waals surface area contributed by atoms with Crippen LogP contribution in [0.5, 0.6) is 0 Å². The van der Waals surface area contributed by atoms with E-state index in [4.69, 9.17) is 5.73 Å². The number of aromatic nitrogens is 1. The topological polar surface area (TPSA) is 59.2 Å². The predicted octanol–water partition coefficient (Wildman–Crippen LogP) is 1.93. The summed E-state index contributed by atoms with van der Waals surface area (Å²) in [5.41, 5.74) is 8.40. The third-order valence-electron chi connectivity index (χ3n) is 2.63. The Balaban J connectivity index is 2.45. The molecule has 1 amide bonds. The smallest absolute Gasteiger partial charge is 0.222 e. The average Bonchev–Trinajstić information content (AvgIpc) is 2.59. The maximum atomic E-state index is 11.9. The van der Waals surface area contributed by atoms with Gasteiger partial charge in [-0.25, -0.2) is 4.98 Å². The van der Waals surface area contributed by atoms with Crippen molar-refractivity contribution in [3.63, 3.8) is 0 Å². The Morgan fingerprint density at radius 1 is 1.59 bits per heavy atom. The summed E-state index contributed by atoms with van der Waals surface area (Å²) in [5, 5.41) is 0. The zero-order valence-electron chi connectivity index (χ0n) is 11.0. The molecule has 0 saturated carbocycles. The molecule has 1 aromatic heterocycles. The van der Waals surface area contributed by atoms with Crippen LogP contribution in [-0.4, -0.2) is 28.4 Å². The standard InChI is InChI=1S/C12H21N3OS/c1-9-10(17-8-14-9)7-15(4)11(16)5-6-12(2,3)13/h8H,5-7,13H2,1-4H3. The molecule has 0 spiro atoms. The van der Waals surface area contributed by atoms with Crippen molar-refractivity contribution in [2.45, 2.75) is 45.7 Å². The second-order valence-corrected chi connectivity index (χ2v) is 6.04. The van der Waals surface area contributed by atoms with Crippen molar-refractivity contribution in [1.82, 2.24) is 9.88 Å². The summed E-state index contributed by atoms with van der Waals surface area (Å²) in [7, 11) is 1.82. The number of carbonyl (C=O) groups is 1. The highest BCUT2D eigenvalue weighted by atomic mass is 32.1. The normalized spacial score (nSPS) is 11.6. The highest BCUT2D eigenvalue weighted by molar-refractivity contribution is 7.09. The Bertz CT molecular complexity index is 381. The van der Waals surface area contributed by atoms with E-state index >= 15 is 0 Å². The lowest BCUT2D eigenvalue weighted by molar-refractivity contribution is -0.130. The first kappa shape index (κ1) is 14.1. The molecule has 0 aromatic carbocycles. The van der Waals surface area contributed by atoms with E-state index in [0.717, 1.165) is 10.6 Å². The number of thiazole rings is 1. The molecule has 1 aromatic rings. The van der Waals surface area contributed by atoms with Crippen molar-refractivity contribution in [3.8, 4) is 0 Å². The lowest BCUT2D eigenvalue weighted by Crippen LogP contribution is -2.34. The molecule has 0 aliphatic carbocycles. The van der Waals surface area contributed by atoms with Gasteiger partial charge in [-0.3, -0.25) is 4.79 Å². The van der Waals surface area contributed by atoms with Crippen LogP contribution in [0.15, 0.2) is 5.51 Å². The van der Waals surface area contributed by atoms with Crippen LogP contribution in [0, 0.1) is 6.92 Å². The summed E-state index contributed by atoms with van der Waals surface area (Å²) in [5.74, 6) is 0.135. The molecule has 4 nitrogen and oxygen atoms in total. The maximum absolute atomic E-state index is 11.9. The van der Waals surface area contributed by atoms with E-state index in [-0.39, 0.29) is 11.4 Å². The van der Waals surface area contributed by atoms with Crippen molar-refractivity contribution >= 4 is 17.2 Å². The molecule has 0 saturated heterocycles. The molecule has 2 N–H and O–H groups in total. The lowest BCUT2D eigenvalue weighted by Gasteiger charge is -2.21. The summed E-state index contributed by atoms with van der Waals surface area (Å²) in [6, 6.07) is 0. The van der Waals surface area contributed by atoms with Gasteiger partial charge in [-0.05, 0) is 27.2 Å². The minimum absolute atomic E-state index is 0.135. The monoisotopic (exact) mass is 255 g/mol. The quantitative estimate of drug-likeness (QED) is 0.874. The minimum atomic E-state index is -0.281. The summed E-state index contributed by atoms with van der Waals surface area (Å²) < 4.78 is 0. The third kappa shape index (κ3) is 4.83. The number of aryl methyl sites for hydroxylation is 1. The Morgan fingerprint density at radius 3 is 2.71 bits per heavy atom. The number of nitrogens with zero attached hydrogens (tertiary/aromatic N) is 2. The Kier molecular flexibility index (Phi) is 4.65. The van der Waals surface area contributed by atoms with Crippen molar-refractivity contribution in [2.75, 3.05) is 7.05 Å². The molecule has 0 aliphatic rings. The number of carbonyl (C=O) groups excluding carboxylic acids is 1. The molecule has 5 heteroatoms. The third-order valence-corrected chi connectivity index (χ3v) is 3.55. The average molecular weight is 255 g/mol. The van der Waals surface area contributed by atoms with Gasteiger partial charge < -0.3 is 10.6 Å². The summed E-state index contributed by atoms with van der Waals surface area (Å²) in [4.78, 5) is 18.9. The highest BCUT2D eigenvalue weighted by Gasteiger charge is 2.16. The molecule has 0 unspecified atom stereocenters. The van der Waals surface area contributed by atoms with Gasteiger partial charge in [0.15, 0.2) is 0 Å². The van der Waals surface area contributed by atoms with Crippen molar-refractivity contribution in [3.05, 3.63) is 16.1 Å². The first-order valence-electron chi connectivity index (χ1n) is 5.71. The van der Waals surface area contributed by atoms with Crippen molar-refractivity contribution in [2.24, 2.45) is 5.73 Å². The van der Waals surface area contributed by atoms with Gasteiger partial charge in [0.25, 0.3) is 0 Å². The van der Waals surface area contributed by atoms with E-state index in [1.165, 1.54) is 0 Å². The molecule has 0 bridgehead atoms. The van der Waals surface area contributed by atoms with Gasteiger partial charge in [0.2, 0.25) is 5.91 Å². The molecule has 17 heavy (non-hydrogen) atoms. The van der Waals surface area contributed by atoms with E-state index in [2.05, 4.69) is 4.98 Å². The van der Waals surface area contributed by atoms with E-state index in [1.54, 1.807) is 16.2 Å². The Hall–Kier alpha value is -0.940. The first-order chi connectivity index (χ1) is 7.79. The fourth-order valence-corrected chi connectivity index (χ4v) is 2.23. The van der Waals surface area contributed by atoms with Crippen LogP contribution < -0.4 is 5.73 Å². The molecular formula is C12H21N3OS. The molecule has 0 radical (unpaired) electrons. The fraction of sp³-hybridized carbons (Fsp3) is 0.667. The van der Waals surface area contributed by atoms with Gasteiger partial charge >= 0.3 is 0 Å². The fourth-order valence-electron chi connectivity index (χ4n) is 1.40. The van der Waals surface area contributed by atoms with Gasteiger partial charge in [0.1, 0.15) is 0 Å². The van der Waals surface area contributed by atoms with E-state index in [1.807, 2.05) is 33.3 Å². The highest BCUT2D eigenvalue weighted by Crippen LogP contribution is 2.15. The number of nitrogens with two attached hydrogens (primary N) is 1. The van der Waals surface area contributed by atoms with Crippen LogP contribution in [0.25, 0.3) is 0 Å². The summed E-state index contributed by atoms with van der Waals surface area (Å²) in [6.45, 7) is 6.48. The number of hydrogen-bond donors (Lipinski definition) is 1. The number of amides is 1. The first-order valence-corrected chi connectivity index (χ1v) is 6.59. The Labute approximate surface area is 107 Å². The van der Waals surface area contributed by atoms with Crippen LogP contribution in [-0.2, 0) is 11.3 Å². The van der Waals surface area contributed by atoms with Crippen molar-refractivity contribution in [1.29, 1.82) is 0 Å². The molecule has 1 rings (SSSR count). The minimum Gasteiger partial charge on any atom is -0.341 e.